The smallest absolute Gasteiger partial charge is 0.238 e. The van der Waals surface area contributed by atoms with Crippen LogP contribution in [0.5, 0.6) is 5.75 Å². The molecule has 0 aliphatic rings. The number of halogens is 2. The Bertz CT molecular complexity index is 400. The summed E-state index contributed by atoms with van der Waals surface area (Å²) in [5, 5.41) is 0. The maximum absolute atomic E-state index is 12.7. The fourth-order valence-corrected chi connectivity index (χ4v) is 1.69. The van der Waals surface area contributed by atoms with Crippen LogP contribution in [0.25, 0.3) is 0 Å². The second-order valence-corrected chi connectivity index (χ2v) is 6.48. The van der Waals surface area contributed by atoms with E-state index in [1.165, 1.54) is 12.1 Å². The maximum Gasteiger partial charge on any atom is 0.238 e. The molecule has 0 saturated heterocycles. The number of ether oxygens (including phenoxy) is 1. The second kappa shape index (κ2) is 6.18. The van der Waals surface area contributed by atoms with E-state index in [1.54, 1.807) is 37.9 Å². The van der Waals surface area contributed by atoms with Gasteiger partial charge in [0.1, 0.15) is 18.2 Å². The number of alkyl halides is 1. The minimum absolute atomic E-state index is 0.00907. The predicted octanol–water partition coefficient (Wildman–Crippen LogP) is 2.84. The Kier molecular flexibility index (Phi) is 5.14. The third-order valence-electron chi connectivity index (χ3n) is 2.36. The van der Waals surface area contributed by atoms with Crippen LogP contribution in [0.4, 0.5) is 4.39 Å². The Labute approximate surface area is 115 Å². The minimum Gasteiger partial charge on any atom is -0.492 e. The fourth-order valence-electron chi connectivity index (χ4n) is 1.39. The second-order valence-electron chi connectivity index (χ2n) is 4.50. The van der Waals surface area contributed by atoms with Gasteiger partial charge >= 0.3 is 0 Å². The Morgan fingerprint density at radius 1 is 1.39 bits per heavy atom. The SMILES string of the molecule is CN(CCOc1ccc(F)cc1)C(=O)C(C)(C)Br. The van der Waals surface area contributed by atoms with Gasteiger partial charge in [0.2, 0.25) is 5.91 Å². The zero-order valence-electron chi connectivity index (χ0n) is 10.7. The van der Waals surface area contributed by atoms with Crippen molar-refractivity contribution in [2.45, 2.75) is 18.2 Å². The first-order valence-corrected chi connectivity index (χ1v) is 6.43. The molecule has 0 bridgehead atoms. The van der Waals surface area contributed by atoms with Gasteiger partial charge in [0, 0.05) is 7.05 Å². The Balaban J connectivity index is 2.38. The molecular formula is C13H17BrFNO2. The Morgan fingerprint density at radius 3 is 2.44 bits per heavy atom. The molecule has 5 heteroatoms. The highest BCUT2D eigenvalue weighted by atomic mass is 79.9. The number of amides is 1. The third-order valence-corrected chi connectivity index (χ3v) is 2.70. The predicted molar refractivity (Wildman–Crippen MR) is 72.5 cm³/mol. The first-order valence-electron chi connectivity index (χ1n) is 5.63. The number of likely N-dealkylation sites (N-methyl/N-ethyl adjacent to an activating group) is 1. The van der Waals surface area contributed by atoms with Crippen molar-refractivity contribution in [3.63, 3.8) is 0 Å². The summed E-state index contributed by atoms with van der Waals surface area (Å²) in [4.78, 5) is 13.4. The largest absolute Gasteiger partial charge is 0.492 e. The lowest BCUT2D eigenvalue weighted by atomic mass is 10.2. The van der Waals surface area contributed by atoms with E-state index in [9.17, 15) is 9.18 Å². The molecular weight excluding hydrogens is 301 g/mol. The first-order chi connectivity index (χ1) is 8.30. The zero-order chi connectivity index (χ0) is 13.8. The molecule has 0 aliphatic carbocycles. The van der Waals surface area contributed by atoms with Crippen LogP contribution in [-0.4, -0.2) is 35.3 Å². The minimum atomic E-state index is -0.572. The molecule has 18 heavy (non-hydrogen) atoms. The van der Waals surface area contributed by atoms with Crippen LogP contribution in [0, 0.1) is 5.82 Å². The van der Waals surface area contributed by atoms with Crippen molar-refractivity contribution in [1.82, 2.24) is 4.90 Å². The van der Waals surface area contributed by atoms with E-state index in [4.69, 9.17) is 4.74 Å². The molecule has 0 radical (unpaired) electrons. The molecule has 0 spiro atoms. The maximum atomic E-state index is 12.7. The molecule has 1 amide bonds. The topological polar surface area (TPSA) is 29.5 Å². The first kappa shape index (κ1) is 15.0. The van der Waals surface area contributed by atoms with Gasteiger partial charge in [-0.1, -0.05) is 15.9 Å². The molecule has 1 aromatic carbocycles. The van der Waals surface area contributed by atoms with Crippen LogP contribution < -0.4 is 4.74 Å². The summed E-state index contributed by atoms with van der Waals surface area (Å²) in [5.41, 5.74) is 0. The summed E-state index contributed by atoms with van der Waals surface area (Å²) in [6, 6.07) is 5.80. The molecule has 1 rings (SSSR count). The summed E-state index contributed by atoms with van der Waals surface area (Å²) in [7, 11) is 1.72. The summed E-state index contributed by atoms with van der Waals surface area (Å²) in [6.07, 6.45) is 0. The van der Waals surface area contributed by atoms with E-state index in [0.29, 0.717) is 18.9 Å². The zero-order valence-corrected chi connectivity index (χ0v) is 12.3. The van der Waals surface area contributed by atoms with Crippen molar-refractivity contribution in [2.24, 2.45) is 0 Å². The number of hydrogen-bond donors (Lipinski definition) is 0. The van der Waals surface area contributed by atoms with Crippen molar-refractivity contribution in [2.75, 3.05) is 20.2 Å². The number of benzene rings is 1. The van der Waals surface area contributed by atoms with Crippen LogP contribution in [0.2, 0.25) is 0 Å². The van der Waals surface area contributed by atoms with E-state index in [-0.39, 0.29) is 11.7 Å². The lowest BCUT2D eigenvalue weighted by Gasteiger charge is -2.24. The molecule has 3 nitrogen and oxygen atoms in total. The highest BCUT2D eigenvalue weighted by Crippen LogP contribution is 2.18. The number of carbonyl (C=O) groups excluding carboxylic acids is 1. The molecule has 0 unspecified atom stereocenters. The molecule has 1 aromatic rings. The van der Waals surface area contributed by atoms with E-state index in [1.807, 2.05) is 0 Å². The van der Waals surface area contributed by atoms with Gasteiger partial charge in [0.15, 0.2) is 0 Å². The highest BCUT2D eigenvalue weighted by Gasteiger charge is 2.26. The summed E-state index contributed by atoms with van der Waals surface area (Å²) < 4.78 is 17.5. The lowest BCUT2D eigenvalue weighted by Crippen LogP contribution is -2.41. The van der Waals surface area contributed by atoms with E-state index >= 15 is 0 Å². The molecule has 0 aromatic heterocycles. The van der Waals surface area contributed by atoms with Crippen LogP contribution in [0.3, 0.4) is 0 Å². The molecule has 0 N–H and O–H groups in total. The lowest BCUT2D eigenvalue weighted by molar-refractivity contribution is -0.131. The van der Waals surface area contributed by atoms with E-state index < -0.39 is 4.32 Å². The Morgan fingerprint density at radius 2 is 1.94 bits per heavy atom. The number of carbonyl (C=O) groups is 1. The van der Waals surface area contributed by atoms with Crippen molar-refractivity contribution >= 4 is 21.8 Å². The summed E-state index contributed by atoms with van der Waals surface area (Å²) in [5.74, 6) is 0.288. The highest BCUT2D eigenvalue weighted by molar-refractivity contribution is 9.10. The standard InChI is InChI=1S/C13H17BrFNO2/c1-13(2,14)12(17)16(3)8-9-18-11-6-4-10(15)5-7-11/h4-7H,8-9H2,1-3H3. The van der Waals surface area contributed by atoms with Crippen LogP contribution in [0.1, 0.15) is 13.8 Å². The van der Waals surface area contributed by atoms with Crippen LogP contribution in [0.15, 0.2) is 24.3 Å². The van der Waals surface area contributed by atoms with Gasteiger partial charge in [-0.3, -0.25) is 4.79 Å². The molecule has 100 valence electrons. The van der Waals surface area contributed by atoms with Crippen molar-refractivity contribution in [1.29, 1.82) is 0 Å². The third kappa shape index (κ3) is 4.64. The molecule has 0 atom stereocenters. The summed E-state index contributed by atoms with van der Waals surface area (Å²) in [6.45, 7) is 4.45. The van der Waals surface area contributed by atoms with E-state index in [0.717, 1.165) is 0 Å². The van der Waals surface area contributed by atoms with Crippen molar-refractivity contribution in [3.8, 4) is 5.75 Å². The van der Waals surface area contributed by atoms with Gasteiger partial charge in [-0.05, 0) is 38.1 Å². The average Bonchev–Trinajstić information content (AvgIpc) is 2.29. The monoisotopic (exact) mass is 317 g/mol. The van der Waals surface area contributed by atoms with Gasteiger partial charge < -0.3 is 9.64 Å². The normalized spacial score (nSPS) is 11.2. The van der Waals surface area contributed by atoms with Gasteiger partial charge in [-0.25, -0.2) is 4.39 Å². The number of hydrogen-bond acceptors (Lipinski definition) is 2. The van der Waals surface area contributed by atoms with Gasteiger partial charge in [0.25, 0.3) is 0 Å². The molecule has 0 fully saturated rings. The van der Waals surface area contributed by atoms with Gasteiger partial charge in [0.05, 0.1) is 10.9 Å². The number of nitrogens with zero attached hydrogens (tertiary/aromatic N) is 1. The molecule has 0 heterocycles. The quantitative estimate of drug-likeness (QED) is 0.782. The average molecular weight is 318 g/mol. The Hall–Kier alpha value is -1.10. The number of rotatable bonds is 5. The molecule has 0 saturated carbocycles. The summed E-state index contributed by atoms with van der Waals surface area (Å²) >= 11 is 3.32. The van der Waals surface area contributed by atoms with Crippen molar-refractivity contribution < 1.29 is 13.9 Å². The van der Waals surface area contributed by atoms with Crippen molar-refractivity contribution in [3.05, 3.63) is 30.1 Å². The molecule has 0 aliphatic heterocycles. The van der Waals surface area contributed by atoms with Crippen LogP contribution in [-0.2, 0) is 4.79 Å². The van der Waals surface area contributed by atoms with Gasteiger partial charge in [-0.15, -0.1) is 0 Å². The fraction of sp³-hybridized carbons (Fsp3) is 0.462. The van der Waals surface area contributed by atoms with E-state index in [2.05, 4.69) is 15.9 Å². The van der Waals surface area contributed by atoms with Crippen LogP contribution >= 0.6 is 15.9 Å². The van der Waals surface area contributed by atoms with Gasteiger partial charge in [-0.2, -0.15) is 0 Å².